The van der Waals surface area contributed by atoms with E-state index < -0.39 is 38.8 Å². The number of methoxy groups -OCH3 is 1. The van der Waals surface area contributed by atoms with Crippen LogP contribution in [-0.2, 0) is 31.8 Å². The molecule has 150 valence electrons. The molecule has 0 saturated heterocycles. The largest absolute Gasteiger partial charge is 0.480 e. The van der Waals surface area contributed by atoms with E-state index in [9.17, 15) is 29.9 Å². The Hall–Kier alpha value is -2.48. The summed E-state index contributed by atoms with van der Waals surface area (Å²) in [6.45, 7) is 9.66. The van der Waals surface area contributed by atoms with Crippen LogP contribution in [0, 0.1) is 15.5 Å². The molecule has 0 heterocycles. The van der Waals surface area contributed by atoms with E-state index >= 15 is 0 Å². The summed E-state index contributed by atoms with van der Waals surface area (Å²) in [5.41, 5.74) is -4.63. The number of carbonyl (C=O) groups is 2. The van der Waals surface area contributed by atoms with Gasteiger partial charge in [-0.25, -0.2) is 0 Å². The summed E-state index contributed by atoms with van der Waals surface area (Å²) < 4.78 is 5.13. The first-order valence-corrected chi connectivity index (χ1v) is 8.41. The number of carboxylic acids is 2. The second kappa shape index (κ2) is 7.26. The van der Waals surface area contributed by atoms with Gasteiger partial charge in [-0.3, -0.25) is 19.7 Å². The first-order valence-electron chi connectivity index (χ1n) is 8.41. The summed E-state index contributed by atoms with van der Waals surface area (Å²) in [6, 6.07) is 2.74. The van der Waals surface area contributed by atoms with E-state index in [2.05, 4.69) is 0 Å². The second-order valence-corrected chi connectivity index (χ2v) is 8.55. The minimum Gasteiger partial charge on any atom is -0.480 e. The fourth-order valence-corrected chi connectivity index (χ4v) is 3.61. The highest BCUT2D eigenvalue weighted by molar-refractivity contribution is 6.07. The van der Waals surface area contributed by atoms with Crippen molar-refractivity contribution in [1.82, 2.24) is 0 Å². The van der Waals surface area contributed by atoms with E-state index in [1.807, 2.05) is 0 Å². The summed E-state index contributed by atoms with van der Waals surface area (Å²) in [4.78, 5) is 35.8. The second-order valence-electron chi connectivity index (χ2n) is 8.55. The number of nitro benzene ring substituents is 1. The number of benzene rings is 1. The van der Waals surface area contributed by atoms with Crippen molar-refractivity contribution in [2.45, 2.75) is 59.0 Å². The molecule has 1 aromatic rings. The molecule has 0 aromatic heterocycles. The zero-order valence-corrected chi connectivity index (χ0v) is 16.7. The maximum Gasteiger partial charge on any atom is 0.326 e. The van der Waals surface area contributed by atoms with Gasteiger partial charge in [-0.05, 0) is 22.5 Å². The first-order chi connectivity index (χ1) is 12.1. The molecule has 0 radical (unpaired) electrons. The average Bonchev–Trinajstić information content (AvgIpc) is 2.45. The van der Waals surface area contributed by atoms with Crippen molar-refractivity contribution in [2.75, 3.05) is 7.11 Å². The van der Waals surface area contributed by atoms with Gasteiger partial charge in [0, 0.05) is 12.7 Å². The predicted molar refractivity (Wildman–Crippen MR) is 98.9 cm³/mol. The van der Waals surface area contributed by atoms with Gasteiger partial charge in [-0.1, -0.05) is 47.6 Å². The lowest BCUT2D eigenvalue weighted by Crippen LogP contribution is -2.54. The molecule has 27 heavy (non-hydrogen) atoms. The Morgan fingerprint density at radius 3 is 1.85 bits per heavy atom. The number of nitro groups is 1. The van der Waals surface area contributed by atoms with Crippen molar-refractivity contribution < 1.29 is 29.5 Å². The van der Waals surface area contributed by atoms with E-state index in [4.69, 9.17) is 4.74 Å². The highest BCUT2D eigenvalue weighted by Gasteiger charge is 2.60. The molecule has 0 aliphatic heterocycles. The fraction of sp³-hybridized carbons (Fsp3) is 0.579. The maximum atomic E-state index is 12.2. The lowest BCUT2D eigenvalue weighted by atomic mass is 9.61. The quantitative estimate of drug-likeness (QED) is 0.438. The van der Waals surface area contributed by atoms with Crippen molar-refractivity contribution in [3.8, 4) is 0 Å². The van der Waals surface area contributed by atoms with Gasteiger partial charge in [0.15, 0.2) is 0 Å². The van der Waals surface area contributed by atoms with Crippen LogP contribution in [0.25, 0.3) is 0 Å². The SMILES string of the molecule is COCc1ccc(C(C(=O)O)(C(=O)O)C(C)(C)C)c([N+](=O)[O-])c1C(C)(C)C. The zero-order valence-electron chi connectivity index (χ0n) is 16.7. The van der Waals surface area contributed by atoms with Crippen molar-refractivity contribution in [3.63, 3.8) is 0 Å². The smallest absolute Gasteiger partial charge is 0.326 e. The number of ether oxygens (including phenoxy) is 1. The van der Waals surface area contributed by atoms with Gasteiger partial charge in [-0.15, -0.1) is 0 Å². The van der Waals surface area contributed by atoms with Crippen LogP contribution < -0.4 is 0 Å². The zero-order chi connectivity index (χ0) is 21.4. The Labute approximate surface area is 158 Å². The monoisotopic (exact) mass is 381 g/mol. The van der Waals surface area contributed by atoms with E-state index in [1.165, 1.54) is 40.0 Å². The Morgan fingerprint density at radius 2 is 1.56 bits per heavy atom. The minimum absolute atomic E-state index is 0.0797. The Kier molecular flexibility index (Phi) is 6.07. The molecule has 0 bridgehead atoms. The summed E-state index contributed by atoms with van der Waals surface area (Å²) in [5, 5.41) is 31.9. The molecular weight excluding hydrogens is 354 g/mol. The molecule has 0 saturated carbocycles. The van der Waals surface area contributed by atoms with Gasteiger partial charge in [0.25, 0.3) is 5.69 Å². The molecule has 1 aromatic carbocycles. The number of nitrogens with zero attached hydrogens (tertiary/aromatic N) is 1. The van der Waals surface area contributed by atoms with E-state index in [0.717, 1.165) is 0 Å². The van der Waals surface area contributed by atoms with Crippen molar-refractivity contribution >= 4 is 17.6 Å². The van der Waals surface area contributed by atoms with Gasteiger partial charge < -0.3 is 14.9 Å². The first kappa shape index (κ1) is 22.6. The molecule has 2 N–H and O–H groups in total. The number of aliphatic carboxylic acids is 2. The van der Waals surface area contributed by atoms with Crippen molar-refractivity contribution in [2.24, 2.45) is 5.41 Å². The van der Waals surface area contributed by atoms with E-state index in [-0.39, 0.29) is 17.7 Å². The number of carboxylic acid groups (broad SMARTS) is 2. The molecule has 0 unspecified atom stereocenters. The normalized spacial score (nSPS) is 12.7. The van der Waals surface area contributed by atoms with Crippen LogP contribution in [0.4, 0.5) is 5.69 Å². The Morgan fingerprint density at radius 1 is 1.07 bits per heavy atom. The van der Waals surface area contributed by atoms with Gasteiger partial charge in [0.1, 0.15) is 0 Å². The van der Waals surface area contributed by atoms with Crippen molar-refractivity contribution in [3.05, 3.63) is 38.9 Å². The number of hydrogen-bond donors (Lipinski definition) is 2. The lowest BCUT2D eigenvalue weighted by molar-refractivity contribution is -0.387. The maximum absolute atomic E-state index is 12.2. The molecule has 1 rings (SSSR count). The van der Waals surface area contributed by atoms with Gasteiger partial charge in [0.2, 0.25) is 5.41 Å². The van der Waals surface area contributed by atoms with Crippen LogP contribution in [0.2, 0.25) is 0 Å². The molecule has 0 aliphatic carbocycles. The van der Waals surface area contributed by atoms with Crippen LogP contribution >= 0.6 is 0 Å². The Balaban J connectivity index is 4.23. The van der Waals surface area contributed by atoms with Crippen molar-refractivity contribution in [1.29, 1.82) is 0 Å². The number of rotatable bonds is 6. The van der Waals surface area contributed by atoms with Crippen LogP contribution in [0.1, 0.15) is 58.2 Å². The third-order valence-corrected chi connectivity index (χ3v) is 4.67. The van der Waals surface area contributed by atoms with Crippen LogP contribution in [0.5, 0.6) is 0 Å². The highest BCUT2D eigenvalue weighted by Crippen LogP contribution is 2.49. The van der Waals surface area contributed by atoms with E-state index in [0.29, 0.717) is 5.56 Å². The van der Waals surface area contributed by atoms with Crippen LogP contribution in [0.15, 0.2) is 12.1 Å². The van der Waals surface area contributed by atoms with Crippen LogP contribution in [0.3, 0.4) is 0 Å². The van der Waals surface area contributed by atoms with Gasteiger partial charge in [0.05, 0.1) is 17.1 Å². The summed E-state index contributed by atoms with van der Waals surface area (Å²) in [6.07, 6.45) is 0. The summed E-state index contributed by atoms with van der Waals surface area (Å²) in [7, 11) is 1.44. The van der Waals surface area contributed by atoms with E-state index in [1.54, 1.807) is 20.8 Å². The summed E-state index contributed by atoms with van der Waals surface area (Å²) in [5.74, 6) is -3.30. The predicted octanol–water partition coefficient (Wildman–Crippen LogP) is 3.49. The molecule has 0 spiro atoms. The molecular formula is C19H27NO7. The standard InChI is InChI=1S/C19H27NO7/c1-17(2,3)13-11(10-27-7)8-9-12(14(13)20(25)26)19(15(21)22,16(23)24)18(4,5)6/h8-9H,10H2,1-7H3,(H,21,22)(H,23,24). The molecule has 0 aliphatic rings. The molecule has 0 amide bonds. The molecule has 0 atom stereocenters. The summed E-state index contributed by atoms with van der Waals surface area (Å²) >= 11 is 0. The minimum atomic E-state index is -2.50. The highest BCUT2D eigenvalue weighted by atomic mass is 16.6. The van der Waals surface area contributed by atoms with Crippen LogP contribution in [-0.4, -0.2) is 34.2 Å². The topological polar surface area (TPSA) is 127 Å². The van der Waals surface area contributed by atoms with Gasteiger partial charge in [-0.2, -0.15) is 0 Å². The molecule has 8 heteroatoms. The fourth-order valence-electron chi connectivity index (χ4n) is 3.61. The van der Waals surface area contributed by atoms with Gasteiger partial charge >= 0.3 is 11.9 Å². The molecule has 0 fully saturated rings. The Bertz CT molecular complexity index is 755. The lowest BCUT2D eigenvalue weighted by Gasteiger charge is -2.38. The average molecular weight is 381 g/mol. The number of hydrogen-bond acceptors (Lipinski definition) is 5. The molecule has 8 nitrogen and oxygen atoms in total. The third kappa shape index (κ3) is 3.66. The third-order valence-electron chi connectivity index (χ3n) is 4.67.